The largest absolute Gasteiger partial charge is 0.349 e. The first-order valence-corrected chi connectivity index (χ1v) is 4.09. The van der Waals surface area contributed by atoms with Gasteiger partial charge in [0.2, 0.25) is 5.91 Å². The monoisotopic (exact) mass is 239 g/mol. The molecule has 0 aromatic heterocycles. The van der Waals surface area contributed by atoms with Crippen LogP contribution in [-0.4, -0.2) is 28.2 Å². The molecule has 0 radical (unpaired) electrons. The molecule has 0 aliphatic carbocycles. The number of amides is 1. The molecule has 0 aromatic rings. The highest BCUT2D eigenvalue weighted by Gasteiger charge is 2.11. The minimum absolute atomic E-state index is 0.0926. The predicted molar refractivity (Wildman–Crippen MR) is 50.5 cm³/mol. The summed E-state index contributed by atoms with van der Waals surface area (Å²) in [4.78, 5) is 11.6. The maximum Gasteiger partial charge on any atom is 0.266 e. The number of rotatable bonds is 0. The van der Waals surface area contributed by atoms with E-state index >= 15 is 0 Å². The summed E-state index contributed by atoms with van der Waals surface area (Å²) < 4.78 is -1.61. The van der Waals surface area contributed by atoms with Gasteiger partial charge in [-0.15, -0.1) is 0 Å². The van der Waals surface area contributed by atoms with E-state index in [9.17, 15) is 4.79 Å². The summed E-state index contributed by atoms with van der Waals surface area (Å²) in [6.45, 7) is 1.53. The van der Waals surface area contributed by atoms with Crippen LogP contribution in [0.25, 0.3) is 0 Å². The Morgan fingerprint density at radius 2 is 1.27 bits per heavy atom. The Labute approximate surface area is 86.3 Å². The zero-order chi connectivity index (χ0) is 9.65. The number of halogens is 4. The van der Waals surface area contributed by atoms with Crippen molar-refractivity contribution in [3.8, 4) is 0 Å². The molecule has 0 N–H and O–H groups in total. The van der Waals surface area contributed by atoms with Crippen LogP contribution in [0.4, 0.5) is 0 Å². The molecule has 68 valence electrons. The number of alkyl halides is 4. The van der Waals surface area contributed by atoms with Crippen LogP contribution in [0, 0.1) is 0 Å². The second-order valence-electron chi connectivity index (χ2n) is 1.84. The first-order chi connectivity index (χ1) is 4.64. The van der Waals surface area contributed by atoms with Crippen LogP contribution < -0.4 is 0 Å². The van der Waals surface area contributed by atoms with Crippen molar-refractivity contribution in [1.29, 1.82) is 0 Å². The highest BCUT2D eigenvalue weighted by Crippen LogP contribution is 2.29. The molecule has 11 heavy (non-hydrogen) atoms. The molecule has 1 amide bonds. The molecule has 0 aliphatic rings. The van der Waals surface area contributed by atoms with Gasteiger partial charge in [0.05, 0.1) is 0 Å². The van der Waals surface area contributed by atoms with Crippen molar-refractivity contribution in [3.63, 3.8) is 0 Å². The summed E-state index contributed by atoms with van der Waals surface area (Å²) >= 11 is 19.3. The molecule has 2 nitrogen and oxygen atoms in total. The molecule has 0 aliphatic heterocycles. The maximum atomic E-state index is 10.1. The van der Waals surface area contributed by atoms with E-state index in [1.165, 1.54) is 11.8 Å². The Balaban J connectivity index is 0. The molecule has 0 heterocycles. The highest BCUT2D eigenvalue weighted by molar-refractivity contribution is 6.83. The molecule has 0 unspecified atom stereocenters. The zero-order valence-corrected chi connectivity index (χ0v) is 9.39. The van der Waals surface area contributed by atoms with Gasteiger partial charge in [-0.05, 0) is 0 Å². The molecule has 0 bridgehead atoms. The van der Waals surface area contributed by atoms with Crippen molar-refractivity contribution in [2.45, 2.75) is 10.2 Å². The van der Waals surface area contributed by atoms with Crippen molar-refractivity contribution in [2.24, 2.45) is 0 Å². The minimum Gasteiger partial charge on any atom is -0.349 e. The number of carbonyl (C=O) groups is 1. The van der Waals surface area contributed by atoms with Crippen molar-refractivity contribution in [1.82, 2.24) is 4.90 Å². The standard InChI is InChI=1S/C4H9NO.CCl4/c1-4(6)5(2)3;2-1(3,4)5/h1-3H3;. The molecule has 0 atom stereocenters. The summed E-state index contributed by atoms with van der Waals surface area (Å²) in [7, 11) is 3.45. The lowest BCUT2D eigenvalue weighted by Crippen LogP contribution is -2.17. The summed E-state index contributed by atoms with van der Waals surface area (Å²) in [5.41, 5.74) is 0. The van der Waals surface area contributed by atoms with Crippen LogP contribution in [0.2, 0.25) is 0 Å². The molecule has 0 saturated carbocycles. The summed E-state index contributed by atoms with van der Waals surface area (Å²) in [5, 5.41) is 0. The van der Waals surface area contributed by atoms with Gasteiger partial charge in [-0.2, -0.15) is 0 Å². The lowest BCUT2D eigenvalue weighted by molar-refractivity contribution is -0.126. The van der Waals surface area contributed by atoms with Crippen LogP contribution in [0.15, 0.2) is 0 Å². The molecule has 0 rings (SSSR count). The summed E-state index contributed by atoms with van der Waals surface area (Å²) in [6.07, 6.45) is 0. The van der Waals surface area contributed by atoms with Gasteiger partial charge < -0.3 is 4.90 Å². The third kappa shape index (κ3) is 36.9. The first-order valence-electron chi connectivity index (χ1n) is 2.58. The second-order valence-corrected chi connectivity index (χ2v) is 5.27. The number of nitrogens with zero attached hydrogens (tertiary/aromatic N) is 1. The van der Waals surface area contributed by atoms with E-state index in [0.717, 1.165) is 0 Å². The quantitative estimate of drug-likeness (QED) is 0.597. The highest BCUT2D eigenvalue weighted by atomic mass is 35.6. The Hall–Kier alpha value is 0.630. The van der Waals surface area contributed by atoms with Crippen molar-refractivity contribution >= 4 is 52.3 Å². The molecular weight excluding hydrogens is 232 g/mol. The van der Waals surface area contributed by atoms with E-state index < -0.39 is 3.25 Å². The van der Waals surface area contributed by atoms with Crippen molar-refractivity contribution < 1.29 is 4.79 Å². The summed E-state index contributed by atoms with van der Waals surface area (Å²) in [6, 6.07) is 0. The maximum absolute atomic E-state index is 10.1. The van der Waals surface area contributed by atoms with E-state index in [0.29, 0.717) is 0 Å². The van der Waals surface area contributed by atoms with Gasteiger partial charge in [-0.25, -0.2) is 0 Å². The van der Waals surface area contributed by atoms with Crippen LogP contribution in [-0.2, 0) is 4.79 Å². The Morgan fingerprint density at radius 1 is 1.18 bits per heavy atom. The van der Waals surface area contributed by atoms with E-state index in [4.69, 9.17) is 46.4 Å². The summed E-state index contributed by atoms with van der Waals surface area (Å²) in [5.74, 6) is 0.0926. The van der Waals surface area contributed by atoms with Gasteiger partial charge in [0, 0.05) is 21.0 Å². The SMILES string of the molecule is CC(=O)N(C)C.ClC(Cl)(Cl)Cl. The van der Waals surface area contributed by atoms with Gasteiger partial charge in [0.15, 0.2) is 0 Å². The van der Waals surface area contributed by atoms with Crippen molar-refractivity contribution in [2.75, 3.05) is 14.1 Å². The Kier molecular flexibility index (Phi) is 7.96. The normalized spacial score (nSPS) is 9.73. The van der Waals surface area contributed by atoms with Gasteiger partial charge in [-0.3, -0.25) is 4.79 Å². The molecule has 0 aromatic carbocycles. The van der Waals surface area contributed by atoms with Gasteiger partial charge in [-0.1, -0.05) is 46.4 Å². The van der Waals surface area contributed by atoms with Gasteiger partial charge >= 0.3 is 0 Å². The fourth-order valence-electron chi connectivity index (χ4n) is 0. The second kappa shape index (κ2) is 6.18. The van der Waals surface area contributed by atoms with E-state index in [1.54, 1.807) is 14.1 Å². The third-order valence-corrected chi connectivity index (χ3v) is 0.630. The molecular formula is C5H9Cl4NO. The number of hydrogen-bond donors (Lipinski definition) is 0. The minimum atomic E-state index is -1.61. The van der Waals surface area contributed by atoms with Gasteiger partial charge in [0.25, 0.3) is 3.25 Å². The van der Waals surface area contributed by atoms with Crippen LogP contribution >= 0.6 is 46.4 Å². The smallest absolute Gasteiger partial charge is 0.266 e. The van der Waals surface area contributed by atoms with Crippen LogP contribution in [0.1, 0.15) is 6.92 Å². The predicted octanol–water partition coefficient (Wildman–Crippen LogP) is 2.65. The van der Waals surface area contributed by atoms with Crippen LogP contribution in [0.3, 0.4) is 0 Å². The molecule has 0 spiro atoms. The lowest BCUT2D eigenvalue weighted by Gasteiger charge is -2.02. The fourth-order valence-corrected chi connectivity index (χ4v) is 0. The number of carbonyl (C=O) groups excluding carboxylic acids is 1. The zero-order valence-electron chi connectivity index (χ0n) is 6.37. The van der Waals surface area contributed by atoms with E-state index in [-0.39, 0.29) is 5.91 Å². The fraction of sp³-hybridized carbons (Fsp3) is 0.800. The molecule has 0 saturated heterocycles. The topological polar surface area (TPSA) is 20.3 Å². The number of hydrogen-bond acceptors (Lipinski definition) is 1. The average molecular weight is 241 g/mol. The lowest BCUT2D eigenvalue weighted by atomic mass is 10.7. The molecule has 6 heteroatoms. The van der Waals surface area contributed by atoms with Gasteiger partial charge in [0.1, 0.15) is 0 Å². The van der Waals surface area contributed by atoms with E-state index in [2.05, 4.69) is 0 Å². The Bertz CT molecular complexity index is 114. The Morgan fingerprint density at radius 3 is 1.27 bits per heavy atom. The first kappa shape index (κ1) is 14.2. The third-order valence-electron chi connectivity index (χ3n) is 0.630. The van der Waals surface area contributed by atoms with E-state index in [1.807, 2.05) is 0 Å². The molecule has 0 fully saturated rings. The van der Waals surface area contributed by atoms with Crippen molar-refractivity contribution in [3.05, 3.63) is 0 Å². The van der Waals surface area contributed by atoms with Crippen LogP contribution in [0.5, 0.6) is 0 Å². The average Bonchev–Trinajstić information content (AvgIpc) is 1.59.